The van der Waals surface area contributed by atoms with Gasteiger partial charge in [0.05, 0.1) is 0 Å². The Morgan fingerprint density at radius 2 is 1.47 bits per heavy atom. The predicted octanol–water partition coefficient (Wildman–Crippen LogP) is 4.88. The van der Waals surface area contributed by atoms with Gasteiger partial charge in [0.1, 0.15) is 0 Å². The molecule has 0 fully saturated rings. The van der Waals surface area contributed by atoms with Crippen LogP contribution in [0, 0.1) is 5.41 Å². The molecule has 0 unspecified atom stereocenters. The average Bonchev–Trinajstić information content (AvgIpc) is 2.20. The van der Waals surface area contributed by atoms with E-state index in [9.17, 15) is 0 Å². The van der Waals surface area contributed by atoms with Gasteiger partial charge >= 0.3 is 97.3 Å². The van der Waals surface area contributed by atoms with Crippen molar-refractivity contribution >= 4 is 24.8 Å². The third-order valence-electron chi connectivity index (χ3n) is 3.64. The second kappa shape index (κ2) is 6.61. The monoisotopic (exact) mass is 415 g/mol. The van der Waals surface area contributed by atoms with Crippen LogP contribution in [-0.4, -0.2) is 0 Å². The smallest absolute Gasteiger partial charge is 0.147 e. The minimum Gasteiger partial charge on any atom is -0.147 e. The molecule has 1 rings (SSSR count). The molecule has 0 bridgehead atoms. The van der Waals surface area contributed by atoms with Crippen molar-refractivity contribution in [2.24, 2.45) is 5.41 Å². The van der Waals surface area contributed by atoms with E-state index < -0.39 is 0 Å². The molecule has 0 spiro atoms. The van der Waals surface area contributed by atoms with E-state index >= 15 is 0 Å². The van der Waals surface area contributed by atoms with Gasteiger partial charge in [-0.3, -0.25) is 0 Å². The zero-order valence-electron chi connectivity index (χ0n) is 10.2. The Labute approximate surface area is 121 Å². The van der Waals surface area contributed by atoms with E-state index in [0.717, 1.165) is 0 Å². The Hall–Kier alpha value is 0.930. The summed E-state index contributed by atoms with van der Waals surface area (Å²) in [4.78, 5) is 0. The molecular formula is C12H21Cl2Hf. The molecule has 0 saturated heterocycles. The summed E-state index contributed by atoms with van der Waals surface area (Å²) in [6.07, 6.45) is 1.32. The molecule has 0 aromatic carbocycles. The molecule has 0 amide bonds. The van der Waals surface area contributed by atoms with Gasteiger partial charge in [0.25, 0.3) is 0 Å². The first-order valence-electron chi connectivity index (χ1n) is 4.96. The van der Waals surface area contributed by atoms with Crippen LogP contribution in [0.1, 0.15) is 41.0 Å². The summed E-state index contributed by atoms with van der Waals surface area (Å²) in [6, 6.07) is 0. The zero-order chi connectivity index (χ0) is 10.2. The number of rotatable bonds is 2. The van der Waals surface area contributed by atoms with Crippen molar-refractivity contribution in [2.45, 2.75) is 45.2 Å². The molecule has 0 nitrogen and oxygen atoms in total. The fraction of sp³-hybridized carbons (Fsp3) is 0.667. The van der Waals surface area contributed by atoms with Crippen LogP contribution in [0.25, 0.3) is 0 Å². The Morgan fingerprint density at radius 1 is 1.00 bits per heavy atom. The van der Waals surface area contributed by atoms with Crippen molar-refractivity contribution in [1.82, 2.24) is 0 Å². The largest absolute Gasteiger partial charge is 0.147 e. The minimum atomic E-state index is 0. The van der Waals surface area contributed by atoms with Crippen molar-refractivity contribution in [2.75, 3.05) is 0 Å². The Kier molecular flexibility index (Phi) is 8.07. The third-order valence-corrected chi connectivity index (χ3v) is 4.54. The molecule has 0 aromatic heterocycles. The van der Waals surface area contributed by atoms with E-state index in [4.69, 9.17) is 0 Å². The first kappa shape index (κ1) is 18.3. The van der Waals surface area contributed by atoms with Gasteiger partial charge in [0, 0.05) is 0 Å². The molecular weight excluding hydrogens is 394 g/mol. The van der Waals surface area contributed by atoms with Gasteiger partial charge in [0.15, 0.2) is 0 Å². The summed E-state index contributed by atoms with van der Waals surface area (Å²) in [7, 11) is 0. The molecule has 87 valence electrons. The molecule has 0 aromatic rings. The molecule has 0 heterocycles. The standard InChI is InChI=1S/C12H19.2ClH.Hf/c1-7-11-9(3)8(2)10(4)12(11,5)6;;;/h1,7H2,2-6H3;2*1H;. The van der Waals surface area contributed by atoms with E-state index in [0.29, 0.717) is 5.41 Å². The third kappa shape index (κ3) is 3.20. The molecule has 0 radical (unpaired) electrons. The Balaban J connectivity index is 0. The molecule has 0 N–H and O–H groups in total. The molecule has 0 aliphatic heterocycles. The number of halogens is 2. The van der Waals surface area contributed by atoms with Crippen LogP contribution in [0.15, 0.2) is 22.3 Å². The predicted molar refractivity (Wildman–Crippen MR) is 68.8 cm³/mol. The molecule has 0 saturated carbocycles. The van der Waals surface area contributed by atoms with Gasteiger partial charge < -0.3 is 0 Å². The second-order valence-corrected chi connectivity index (χ2v) is 6.27. The van der Waals surface area contributed by atoms with E-state index in [-0.39, 0.29) is 24.8 Å². The summed E-state index contributed by atoms with van der Waals surface area (Å²) in [5, 5.41) is 0. The van der Waals surface area contributed by atoms with Gasteiger partial charge in [0.2, 0.25) is 0 Å². The van der Waals surface area contributed by atoms with Gasteiger partial charge in [-0.05, 0) is 0 Å². The number of hydrogen-bond donors (Lipinski definition) is 0. The molecule has 1 aliphatic rings. The minimum absolute atomic E-state index is 0. The van der Waals surface area contributed by atoms with Crippen LogP contribution < -0.4 is 0 Å². The fourth-order valence-electron chi connectivity index (χ4n) is 2.30. The SMILES string of the molecule is CC1=C(C)C(C)(C)C(C[CH2][Hf])=C1C.Cl.Cl. The summed E-state index contributed by atoms with van der Waals surface area (Å²) in [5.41, 5.74) is 6.72. The van der Waals surface area contributed by atoms with Gasteiger partial charge in [-0.15, -0.1) is 24.8 Å². The second-order valence-electron chi connectivity index (χ2n) is 4.48. The molecule has 3 heteroatoms. The van der Waals surface area contributed by atoms with Gasteiger partial charge in [-0.1, -0.05) is 0 Å². The van der Waals surface area contributed by atoms with E-state index in [1.165, 1.54) is 40.5 Å². The summed E-state index contributed by atoms with van der Waals surface area (Å²) in [6.45, 7) is 11.6. The first-order chi connectivity index (χ1) is 5.92. The van der Waals surface area contributed by atoms with Crippen molar-refractivity contribution in [3.05, 3.63) is 22.3 Å². The van der Waals surface area contributed by atoms with Crippen molar-refractivity contribution < 1.29 is 24.4 Å². The summed E-state index contributed by atoms with van der Waals surface area (Å²) in [5.74, 6) is 0. The molecule has 1 aliphatic carbocycles. The number of hydrogen-bond acceptors (Lipinski definition) is 0. The Bertz CT molecular complexity index is 288. The van der Waals surface area contributed by atoms with Crippen LogP contribution in [0.2, 0.25) is 4.18 Å². The van der Waals surface area contributed by atoms with Crippen LogP contribution >= 0.6 is 24.8 Å². The quantitative estimate of drug-likeness (QED) is 0.565. The van der Waals surface area contributed by atoms with Gasteiger partial charge in [-0.2, -0.15) is 0 Å². The van der Waals surface area contributed by atoms with Crippen LogP contribution in [-0.2, 0) is 24.4 Å². The molecule has 15 heavy (non-hydrogen) atoms. The number of allylic oxidation sites excluding steroid dienone is 4. The van der Waals surface area contributed by atoms with Gasteiger partial charge in [-0.25, -0.2) is 0 Å². The topological polar surface area (TPSA) is 0 Å². The maximum atomic E-state index is 2.37. The average molecular weight is 415 g/mol. The van der Waals surface area contributed by atoms with E-state index in [2.05, 4.69) is 34.6 Å². The normalized spacial score (nSPS) is 18.7. The summed E-state index contributed by atoms with van der Waals surface area (Å²) >= 11 is 1.33. The Morgan fingerprint density at radius 3 is 1.73 bits per heavy atom. The van der Waals surface area contributed by atoms with E-state index in [1.807, 2.05) is 0 Å². The maximum absolute atomic E-state index is 2.37. The van der Waals surface area contributed by atoms with Crippen LogP contribution in [0.4, 0.5) is 0 Å². The van der Waals surface area contributed by atoms with Crippen molar-refractivity contribution in [1.29, 1.82) is 0 Å². The maximum Gasteiger partial charge on any atom is -0.147 e. The van der Waals surface area contributed by atoms with Crippen molar-refractivity contribution in [3.63, 3.8) is 0 Å². The summed E-state index contributed by atoms with van der Waals surface area (Å²) < 4.78 is 1.40. The van der Waals surface area contributed by atoms with Crippen LogP contribution in [0.5, 0.6) is 0 Å². The fourth-order valence-corrected chi connectivity index (χ4v) is 3.19. The zero-order valence-corrected chi connectivity index (χ0v) is 15.5. The van der Waals surface area contributed by atoms with Crippen LogP contribution in [0.3, 0.4) is 0 Å². The molecule has 0 atom stereocenters. The van der Waals surface area contributed by atoms with Crippen molar-refractivity contribution in [3.8, 4) is 0 Å². The van der Waals surface area contributed by atoms with E-state index in [1.54, 1.807) is 16.7 Å². The first-order valence-corrected chi connectivity index (χ1v) is 7.50.